The Morgan fingerprint density at radius 3 is 2.50 bits per heavy atom. The zero-order chi connectivity index (χ0) is 13.0. The second-order valence-electron chi connectivity index (χ2n) is 3.98. The van der Waals surface area contributed by atoms with Crippen molar-refractivity contribution in [3.05, 3.63) is 65.2 Å². The quantitative estimate of drug-likeness (QED) is 0.844. The summed E-state index contributed by atoms with van der Waals surface area (Å²) < 4.78 is 31.7. The van der Waals surface area contributed by atoms with Crippen LogP contribution in [0, 0.1) is 11.6 Å². The van der Waals surface area contributed by atoms with Crippen LogP contribution < -0.4 is 5.73 Å². The Kier molecular flexibility index (Phi) is 3.89. The van der Waals surface area contributed by atoms with E-state index >= 15 is 0 Å². The molecule has 2 aromatic carbocycles. The number of nitrogen functional groups attached to an aromatic ring is 1. The molecule has 0 aliphatic heterocycles. The van der Waals surface area contributed by atoms with Gasteiger partial charge in [-0.15, -0.1) is 0 Å². The smallest absolute Gasteiger partial charge is 0.128 e. The van der Waals surface area contributed by atoms with Crippen LogP contribution in [0.25, 0.3) is 0 Å². The molecule has 0 radical (unpaired) electrons. The van der Waals surface area contributed by atoms with E-state index < -0.39 is 5.82 Å². The van der Waals surface area contributed by atoms with E-state index in [9.17, 15) is 8.78 Å². The molecule has 94 valence electrons. The van der Waals surface area contributed by atoms with Gasteiger partial charge in [-0.3, -0.25) is 0 Å². The summed E-state index contributed by atoms with van der Waals surface area (Å²) in [4.78, 5) is 0. The Hall–Kier alpha value is -1.94. The molecule has 2 rings (SSSR count). The highest BCUT2D eigenvalue weighted by molar-refractivity contribution is 5.41. The zero-order valence-corrected chi connectivity index (χ0v) is 9.70. The van der Waals surface area contributed by atoms with E-state index in [2.05, 4.69) is 0 Å². The Bertz CT molecular complexity index is 523. The fourth-order valence-electron chi connectivity index (χ4n) is 1.65. The number of rotatable bonds is 4. The second-order valence-corrected chi connectivity index (χ2v) is 3.98. The lowest BCUT2D eigenvalue weighted by molar-refractivity contribution is 0.104. The van der Waals surface area contributed by atoms with Crippen molar-refractivity contribution in [2.45, 2.75) is 13.2 Å². The minimum Gasteiger partial charge on any atom is -0.399 e. The van der Waals surface area contributed by atoms with Crippen molar-refractivity contribution in [2.75, 3.05) is 5.73 Å². The minimum absolute atomic E-state index is 0.142. The van der Waals surface area contributed by atoms with E-state index in [0.717, 1.165) is 0 Å². The summed E-state index contributed by atoms with van der Waals surface area (Å²) in [5.41, 5.74) is 6.96. The Morgan fingerprint density at radius 2 is 1.78 bits per heavy atom. The van der Waals surface area contributed by atoms with Gasteiger partial charge in [-0.1, -0.05) is 18.2 Å². The van der Waals surface area contributed by atoms with Gasteiger partial charge in [-0.25, -0.2) is 8.78 Å². The van der Waals surface area contributed by atoms with Crippen molar-refractivity contribution < 1.29 is 13.5 Å². The molecule has 0 aliphatic carbocycles. The van der Waals surface area contributed by atoms with Gasteiger partial charge in [0.1, 0.15) is 11.6 Å². The van der Waals surface area contributed by atoms with Gasteiger partial charge in [0.05, 0.1) is 13.2 Å². The molecule has 0 aliphatic rings. The minimum atomic E-state index is -0.403. The Morgan fingerprint density at radius 1 is 1.00 bits per heavy atom. The molecule has 18 heavy (non-hydrogen) atoms. The lowest BCUT2D eigenvalue weighted by Gasteiger charge is -2.06. The van der Waals surface area contributed by atoms with Crippen LogP contribution in [0.2, 0.25) is 0 Å². The van der Waals surface area contributed by atoms with Crippen LogP contribution in [0.5, 0.6) is 0 Å². The van der Waals surface area contributed by atoms with Gasteiger partial charge in [0.25, 0.3) is 0 Å². The van der Waals surface area contributed by atoms with Crippen molar-refractivity contribution in [1.82, 2.24) is 0 Å². The molecule has 2 N–H and O–H groups in total. The monoisotopic (exact) mass is 249 g/mol. The number of halogens is 2. The third kappa shape index (κ3) is 3.28. The SMILES string of the molecule is Nc1cc(F)cc(COCc2ccccc2F)c1. The van der Waals surface area contributed by atoms with Crippen LogP contribution in [0.15, 0.2) is 42.5 Å². The van der Waals surface area contributed by atoms with E-state index in [4.69, 9.17) is 10.5 Å². The van der Waals surface area contributed by atoms with Crippen molar-refractivity contribution in [3.8, 4) is 0 Å². The van der Waals surface area contributed by atoms with Gasteiger partial charge in [-0.05, 0) is 29.8 Å². The highest BCUT2D eigenvalue weighted by atomic mass is 19.1. The van der Waals surface area contributed by atoms with Crippen molar-refractivity contribution >= 4 is 5.69 Å². The van der Waals surface area contributed by atoms with Crippen molar-refractivity contribution in [2.24, 2.45) is 0 Å². The summed E-state index contributed by atoms with van der Waals surface area (Å²) in [6.07, 6.45) is 0. The van der Waals surface area contributed by atoms with Crippen molar-refractivity contribution in [3.63, 3.8) is 0 Å². The average molecular weight is 249 g/mol. The molecule has 4 heteroatoms. The molecule has 0 atom stereocenters. The van der Waals surface area contributed by atoms with Crippen LogP contribution in [0.1, 0.15) is 11.1 Å². The summed E-state index contributed by atoms with van der Waals surface area (Å²) in [5, 5.41) is 0. The highest BCUT2D eigenvalue weighted by Gasteiger charge is 2.02. The van der Waals surface area contributed by atoms with Crippen LogP contribution in [0.4, 0.5) is 14.5 Å². The average Bonchev–Trinajstić information content (AvgIpc) is 2.30. The molecule has 0 heterocycles. The lowest BCUT2D eigenvalue weighted by atomic mass is 10.2. The molecule has 2 aromatic rings. The first-order chi connectivity index (χ1) is 8.65. The molecule has 0 saturated carbocycles. The van der Waals surface area contributed by atoms with E-state index in [1.165, 1.54) is 18.2 Å². The predicted octanol–water partition coefficient (Wildman–Crippen LogP) is 3.26. The summed E-state index contributed by atoms with van der Waals surface area (Å²) >= 11 is 0. The fourth-order valence-corrected chi connectivity index (χ4v) is 1.65. The van der Waals surface area contributed by atoms with Crippen LogP contribution in [-0.2, 0) is 18.0 Å². The summed E-state index contributed by atoms with van der Waals surface area (Å²) in [7, 11) is 0. The summed E-state index contributed by atoms with van der Waals surface area (Å²) in [5.74, 6) is -0.712. The maximum absolute atomic E-state index is 13.3. The van der Waals surface area contributed by atoms with Gasteiger partial charge in [0.15, 0.2) is 0 Å². The van der Waals surface area contributed by atoms with E-state index in [1.54, 1.807) is 24.3 Å². The van der Waals surface area contributed by atoms with Gasteiger partial charge in [-0.2, -0.15) is 0 Å². The van der Waals surface area contributed by atoms with Gasteiger partial charge in [0.2, 0.25) is 0 Å². The number of nitrogens with two attached hydrogens (primary N) is 1. The molecule has 0 amide bonds. The lowest BCUT2D eigenvalue weighted by Crippen LogP contribution is -1.98. The maximum Gasteiger partial charge on any atom is 0.128 e. The van der Waals surface area contributed by atoms with Crippen molar-refractivity contribution in [1.29, 1.82) is 0 Å². The highest BCUT2D eigenvalue weighted by Crippen LogP contribution is 2.13. The maximum atomic E-state index is 13.3. The Labute approximate surface area is 104 Å². The zero-order valence-electron chi connectivity index (χ0n) is 9.70. The second kappa shape index (κ2) is 5.60. The fraction of sp³-hybridized carbons (Fsp3) is 0.143. The standard InChI is InChI=1S/C14H13F2NO/c15-12-5-10(6-13(17)7-12)8-18-9-11-3-1-2-4-14(11)16/h1-7H,8-9,17H2. The largest absolute Gasteiger partial charge is 0.399 e. The first kappa shape index (κ1) is 12.5. The third-order valence-corrected chi connectivity index (χ3v) is 2.46. The number of hydrogen-bond donors (Lipinski definition) is 1. The molecular weight excluding hydrogens is 236 g/mol. The molecule has 0 fully saturated rings. The molecular formula is C14H13F2NO. The van der Waals surface area contributed by atoms with Crippen LogP contribution in [0.3, 0.4) is 0 Å². The molecule has 0 aromatic heterocycles. The van der Waals surface area contributed by atoms with E-state index in [0.29, 0.717) is 16.8 Å². The number of anilines is 1. The van der Waals surface area contributed by atoms with Gasteiger partial charge < -0.3 is 10.5 Å². The summed E-state index contributed by atoms with van der Waals surface area (Å²) in [6, 6.07) is 10.6. The topological polar surface area (TPSA) is 35.2 Å². The van der Waals surface area contributed by atoms with Gasteiger partial charge in [0, 0.05) is 11.3 Å². The molecule has 0 spiro atoms. The number of benzene rings is 2. The predicted molar refractivity (Wildman–Crippen MR) is 65.7 cm³/mol. The molecule has 0 unspecified atom stereocenters. The number of hydrogen-bond acceptors (Lipinski definition) is 2. The molecule has 0 bridgehead atoms. The normalized spacial score (nSPS) is 10.6. The van der Waals surface area contributed by atoms with E-state index in [1.807, 2.05) is 0 Å². The molecule has 2 nitrogen and oxygen atoms in total. The number of ether oxygens (including phenoxy) is 1. The summed E-state index contributed by atoms with van der Waals surface area (Å²) in [6.45, 7) is 0.333. The Balaban J connectivity index is 1.94. The third-order valence-electron chi connectivity index (χ3n) is 2.46. The van der Waals surface area contributed by atoms with Crippen LogP contribution in [-0.4, -0.2) is 0 Å². The van der Waals surface area contributed by atoms with E-state index in [-0.39, 0.29) is 19.0 Å². The first-order valence-electron chi connectivity index (χ1n) is 5.51. The van der Waals surface area contributed by atoms with Crippen LogP contribution >= 0.6 is 0 Å². The first-order valence-corrected chi connectivity index (χ1v) is 5.51. The van der Waals surface area contributed by atoms with Gasteiger partial charge >= 0.3 is 0 Å². The molecule has 0 saturated heterocycles.